The minimum atomic E-state index is 0.185. The highest BCUT2D eigenvalue weighted by atomic mass is 15.3. The van der Waals surface area contributed by atoms with Gasteiger partial charge in [-0.25, -0.2) is 0 Å². The average Bonchev–Trinajstić information content (AvgIpc) is 2.75. The van der Waals surface area contributed by atoms with Gasteiger partial charge in [0, 0.05) is 12.1 Å². The highest BCUT2D eigenvalue weighted by Gasteiger charge is 2.14. The Labute approximate surface area is 115 Å². The van der Waals surface area contributed by atoms with Crippen molar-refractivity contribution < 1.29 is 0 Å². The molecule has 0 saturated carbocycles. The molecule has 0 aliphatic rings. The molecule has 0 unspecified atom stereocenters. The predicted molar refractivity (Wildman–Crippen MR) is 79.0 cm³/mol. The van der Waals surface area contributed by atoms with Crippen molar-refractivity contribution in [3.63, 3.8) is 0 Å². The van der Waals surface area contributed by atoms with Gasteiger partial charge in [0.15, 0.2) is 5.82 Å². The van der Waals surface area contributed by atoms with Gasteiger partial charge in [-0.3, -0.25) is 0 Å². The maximum atomic E-state index is 4.24. The first kappa shape index (κ1) is 13.8. The third-order valence-corrected chi connectivity index (χ3v) is 3.19. The van der Waals surface area contributed by atoms with Crippen LogP contribution < -0.4 is 0 Å². The SMILES string of the molecule is CC(C)Cn1cnnc1-c1ccc(C(C)(C)C)cc1. The van der Waals surface area contributed by atoms with Crippen molar-refractivity contribution in [3.05, 3.63) is 36.2 Å². The predicted octanol–water partition coefficient (Wildman–Crippen LogP) is 3.90. The van der Waals surface area contributed by atoms with E-state index in [0.29, 0.717) is 5.92 Å². The highest BCUT2D eigenvalue weighted by molar-refractivity contribution is 5.55. The number of hydrogen-bond acceptors (Lipinski definition) is 2. The van der Waals surface area contributed by atoms with Crippen LogP contribution in [0.4, 0.5) is 0 Å². The fourth-order valence-corrected chi connectivity index (χ4v) is 2.12. The number of aromatic nitrogens is 3. The van der Waals surface area contributed by atoms with Crippen LogP contribution in [-0.2, 0) is 12.0 Å². The van der Waals surface area contributed by atoms with Crippen molar-refractivity contribution in [2.45, 2.75) is 46.6 Å². The zero-order chi connectivity index (χ0) is 14.0. The second-order valence-electron chi connectivity index (χ2n) is 6.53. The van der Waals surface area contributed by atoms with E-state index in [0.717, 1.165) is 17.9 Å². The fourth-order valence-electron chi connectivity index (χ4n) is 2.12. The first-order chi connectivity index (χ1) is 8.88. The lowest BCUT2D eigenvalue weighted by atomic mass is 9.87. The van der Waals surface area contributed by atoms with Crippen molar-refractivity contribution in [3.8, 4) is 11.4 Å². The summed E-state index contributed by atoms with van der Waals surface area (Å²) in [6.45, 7) is 12.0. The molecule has 0 aliphatic carbocycles. The summed E-state index contributed by atoms with van der Waals surface area (Å²) >= 11 is 0. The second kappa shape index (κ2) is 5.16. The number of hydrogen-bond donors (Lipinski definition) is 0. The summed E-state index contributed by atoms with van der Waals surface area (Å²) in [6.07, 6.45) is 1.81. The molecule has 0 amide bonds. The number of rotatable bonds is 3. The Morgan fingerprint density at radius 2 is 1.74 bits per heavy atom. The van der Waals surface area contributed by atoms with Crippen molar-refractivity contribution in [2.75, 3.05) is 0 Å². The molecule has 0 saturated heterocycles. The van der Waals surface area contributed by atoms with Crippen molar-refractivity contribution in [2.24, 2.45) is 5.92 Å². The van der Waals surface area contributed by atoms with E-state index in [9.17, 15) is 0 Å². The molecule has 2 rings (SSSR count). The van der Waals surface area contributed by atoms with Crippen LogP contribution in [-0.4, -0.2) is 14.8 Å². The van der Waals surface area contributed by atoms with Crippen LogP contribution in [0.15, 0.2) is 30.6 Å². The Balaban J connectivity index is 2.30. The lowest BCUT2D eigenvalue weighted by Gasteiger charge is -2.19. The van der Waals surface area contributed by atoms with E-state index in [4.69, 9.17) is 0 Å². The van der Waals surface area contributed by atoms with Gasteiger partial charge in [0.1, 0.15) is 6.33 Å². The van der Waals surface area contributed by atoms with Gasteiger partial charge in [0.25, 0.3) is 0 Å². The van der Waals surface area contributed by atoms with E-state index in [1.165, 1.54) is 5.56 Å². The third-order valence-electron chi connectivity index (χ3n) is 3.19. The molecule has 0 bridgehead atoms. The first-order valence-corrected chi connectivity index (χ1v) is 6.86. The molecule has 19 heavy (non-hydrogen) atoms. The molecule has 3 heteroatoms. The van der Waals surface area contributed by atoms with Gasteiger partial charge in [0.2, 0.25) is 0 Å². The van der Waals surface area contributed by atoms with Crippen LogP contribution >= 0.6 is 0 Å². The van der Waals surface area contributed by atoms with Gasteiger partial charge in [-0.1, -0.05) is 58.9 Å². The Morgan fingerprint density at radius 1 is 1.11 bits per heavy atom. The third kappa shape index (κ3) is 3.22. The molecule has 0 atom stereocenters. The summed E-state index contributed by atoms with van der Waals surface area (Å²) in [6, 6.07) is 8.65. The van der Waals surface area contributed by atoms with Crippen LogP contribution in [0, 0.1) is 5.92 Å². The molecule has 2 aromatic rings. The van der Waals surface area contributed by atoms with Gasteiger partial charge in [-0.15, -0.1) is 10.2 Å². The second-order valence-corrected chi connectivity index (χ2v) is 6.53. The lowest BCUT2D eigenvalue weighted by Crippen LogP contribution is -2.10. The molecular weight excluding hydrogens is 234 g/mol. The lowest BCUT2D eigenvalue weighted by molar-refractivity contribution is 0.525. The molecule has 102 valence electrons. The normalized spacial score (nSPS) is 12.1. The van der Waals surface area contributed by atoms with Crippen molar-refractivity contribution >= 4 is 0 Å². The quantitative estimate of drug-likeness (QED) is 0.835. The monoisotopic (exact) mass is 257 g/mol. The van der Waals surface area contributed by atoms with Crippen molar-refractivity contribution in [1.82, 2.24) is 14.8 Å². The highest BCUT2D eigenvalue weighted by Crippen LogP contribution is 2.25. The zero-order valence-corrected chi connectivity index (χ0v) is 12.5. The molecule has 0 spiro atoms. The summed E-state index contributed by atoms with van der Waals surface area (Å²) in [5.74, 6) is 1.54. The zero-order valence-electron chi connectivity index (χ0n) is 12.5. The molecule has 3 nitrogen and oxygen atoms in total. The average molecular weight is 257 g/mol. The van der Waals surface area contributed by atoms with Crippen LogP contribution in [0.5, 0.6) is 0 Å². The Morgan fingerprint density at radius 3 is 2.26 bits per heavy atom. The van der Waals surface area contributed by atoms with Crippen LogP contribution in [0.1, 0.15) is 40.2 Å². The first-order valence-electron chi connectivity index (χ1n) is 6.86. The van der Waals surface area contributed by atoms with Gasteiger partial charge in [-0.05, 0) is 16.9 Å². The van der Waals surface area contributed by atoms with Crippen LogP contribution in [0.25, 0.3) is 11.4 Å². The van der Waals surface area contributed by atoms with E-state index in [1.54, 1.807) is 0 Å². The minimum absolute atomic E-state index is 0.185. The maximum Gasteiger partial charge on any atom is 0.163 e. The topological polar surface area (TPSA) is 30.7 Å². The van der Waals surface area contributed by atoms with E-state index in [-0.39, 0.29) is 5.41 Å². The Bertz CT molecular complexity index is 530. The molecule has 1 heterocycles. The molecule has 0 N–H and O–H groups in total. The molecule has 0 aliphatic heterocycles. The number of nitrogens with zero attached hydrogens (tertiary/aromatic N) is 3. The van der Waals surface area contributed by atoms with E-state index < -0.39 is 0 Å². The fraction of sp³-hybridized carbons (Fsp3) is 0.500. The van der Waals surface area contributed by atoms with Gasteiger partial charge in [0.05, 0.1) is 0 Å². The summed E-state index contributed by atoms with van der Waals surface area (Å²) in [5, 5.41) is 8.28. The molecule has 1 aromatic heterocycles. The number of benzene rings is 1. The van der Waals surface area contributed by atoms with E-state index in [1.807, 2.05) is 6.33 Å². The van der Waals surface area contributed by atoms with Crippen LogP contribution in [0.2, 0.25) is 0 Å². The van der Waals surface area contributed by atoms with Crippen molar-refractivity contribution in [1.29, 1.82) is 0 Å². The van der Waals surface area contributed by atoms with Crippen LogP contribution in [0.3, 0.4) is 0 Å². The molecular formula is C16H23N3. The summed E-state index contributed by atoms with van der Waals surface area (Å²) in [7, 11) is 0. The van der Waals surface area contributed by atoms with E-state index >= 15 is 0 Å². The Kier molecular flexibility index (Phi) is 3.74. The summed E-state index contributed by atoms with van der Waals surface area (Å²) < 4.78 is 2.12. The van der Waals surface area contributed by atoms with Gasteiger partial charge in [-0.2, -0.15) is 0 Å². The Hall–Kier alpha value is -1.64. The standard InChI is InChI=1S/C16H23N3/c1-12(2)10-19-11-17-18-15(19)13-6-8-14(9-7-13)16(3,4)5/h6-9,11-12H,10H2,1-5H3. The maximum absolute atomic E-state index is 4.24. The summed E-state index contributed by atoms with van der Waals surface area (Å²) in [4.78, 5) is 0. The minimum Gasteiger partial charge on any atom is -0.313 e. The molecule has 1 aromatic carbocycles. The molecule has 0 radical (unpaired) electrons. The van der Waals surface area contributed by atoms with Gasteiger partial charge >= 0.3 is 0 Å². The van der Waals surface area contributed by atoms with Gasteiger partial charge < -0.3 is 4.57 Å². The summed E-state index contributed by atoms with van der Waals surface area (Å²) in [5.41, 5.74) is 2.65. The molecule has 0 fully saturated rings. The smallest absolute Gasteiger partial charge is 0.163 e. The van der Waals surface area contributed by atoms with E-state index in [2.05, 4.69) is 73.6 Å². The largest absolute Gasteiger partial charge is 0.313 e.